The standard InChI is InChI=1S/C16H32N2O3/c1-5-7-14(19)11-17-10-13-8-6-9-18(12-13)15(20)21-16(2,3)4/h13-14,17,19H,5-12H2,1-4H3. The molecule has 0 radical (unpaired) electrons. The van der Waals surface area contributed by atoms with Crippen molar-refractivity contribution in [3.8, 4) is 0 Å². The molecule has 1 saturated heterocycles. The summed E-state index contributed by atoms with van der Waals surface area (Å²) in [6.07, 6.45) is 3.50. The Morgan fingerprint density at radius 3 is 2.81 bits per heavy atom. The van der Waals surface area contributed by atoms with Crippen molar-refractivity contribution in [3.05, 3.63) is 0 Å². The number of likely N-dealkylation sites (tertiary alicyclic amines) is 1. The van der Waals surface area contributed by atoms with E-state index >= 15 is 0 Å². The number of amides is 1. The van der Waals surface area contributed by atoms with Gasteiger partial charge in [-0.15, -0.1) is 0 Å². The van der Waals surface area contributed by atoms with Crippen molar-refractivity contribution in [1.82, 2.24) is 10.2 Å². The number of carbonyl (C=O) groups excluding carboxylic acids is 1. The van der Waals surface area contributed by atoms with Gasteiger partial charge in [-0.1, -0.05) is 13.3 Å². The van der Waals surface area contributed by atoms with Gasteiger partial charge < -0.3 is 20.1 Å². The van der Waals surface area contributed by atoms with Crippen LogP contribution >= 0.6 is 0 Å². The molecule has 0 bridgehead atoms. The Bertz CT molecular complexity index is 315. The minimum atomic E-state index is -0.438. The van der Waals surface area contributed by atoms with Crippen LogP contribution in [0, 0.1) is 5.92 Å². The minimum absolute atomic E-state index is 0.210. The van der Waals surface area contributed by atoms with Crippen LogP contribution in [0.5, 0.6) is 0 Å². The minimum Gasteiger partial charge on any atom is -0.444 e. The first-order valence-corrected chi connectivity index (χ1v) is 8.18. The molecular weight excluding hydrogens is 268 g/mol. The van der Waals surface area contributed by atoms with Gasteiger partial charge in [-0.2, -0.15) is 0 Å². The number of aliphatic hydroxyl groups excluding tert-OH is 1. The molecule has 2 N–H and O–H groups in total. The SMILES string of the molecule is CCCC(O)CNCC1CCCN(C(=O)OC(C)(C)C)C1. The summed E-state index contributed by atoms with van der Waals surface area (Å²) in [5.41, 5.74) is -0.438. The molecule has 124 valence electrons. The number of nitrogens with zero attached hydrogens (tertiary/aromatic N) is 1. The Morgan fingerprint density at radius 2 is 2.19 bits per heavy atom. The molecule has 1 aliphatic heterocycles. The van der Waals surface area contributed by atoms with Crippen molar-refractivity contribution >= 4 is 6.09 Å². The van der Waals surface area contributed by atoms with Crippen molar-refractivity contribution in [1.29, 1.82) is 0 Å². The van der Waals surface area contributed by atoms with Crippen LogP contribution in [0.4, 0.5) is 4.79 Å². The zero-order valence-corrected chi connectivity index (χ0v) is 14.0. The van der Waals surface area contributed by atoms with E-state index < -0.39 is 5.60 Å². The second-order valence-corrected chi connectivity index (χ2v) is 7.04. The van der Waals surface area contributed by atoms with Crippen molar-refractivity contribution in [2.75, 3.05) is 26.2 Å². The molecule has 0 aromatic carbocycles. The van der Waals surface area contributed by atoms with Gasteiger partial charge in [0.2, 0.25) is 0 Å². The van der Waals surface area contributed by atoms with Gasteiger partial charge in [0.05, 0.1) is 6.10 Å². The first kappa shape index (κ1) is 18.2. The van der Waals surface area contributed by atoms with Crippen LogP contribution in [-0.4, -0.2) is 54.0 Å². The molecule has 5 heteroatoms. The van der Waals surface area contributed by atoms with E-state index in [1.54, 1.807) is 0 Å². The number of hydrogen-bond donors (Lipinski definition) is 2. The van der Waals surface area contributed by atoms with Crippen molar-refractivity contribution in [2.24, 2.45) is 5.92 Å². The van der Waals surface area contributed by atoms with E-state index in [2.05, 4.69) is 12.2 Å². The second-order valence-electron chi connectivity index (χ2n) is 7.04. The Hall–Kier alpha value is -0.810. The molecule has 0 spiro atoms. The third kappa shape index (κ3) is 7.67. The predicted octanol–water partition coefficient (Wildman–Crippen LogP) is 2.38. The van der Waals surface area contributed by atoms with Gasteiger partial charge in [0.25, 0.3) is 0 Å². The van der Waals surface area contributed by atoms with Crippen LogP contribution in [0.1, 0.15) is 53.4 Å². The maximum atomic E-state index is 12.1. The Kier molecular flexibility index (Phi) is 7.46. The fourth-order valence-corrected chi connectivity index (χ4v) is 2.61. The zero-order valence-electron chi connectivity index (χ0n) is 14.0. The summed E-state index contributed by atoms with van der Waals surface area (Å²) in [6.45, 7) is 10.8. The Balaban J connectivity index is 2.30. The molecule has 0 aromatic rings. The van der Waals surface area contributed by atoms with Gasteiger partial charge in [-0.3, -0.25) is 0 Å². The van der Waals surface area contributed by atoms with Gasteiger partial charge in [-0.25, -0.2) is 4.79 Å². The highest BCUT2D eigenvalue weighted by Gasteiger charge is 2.27. The lowest BCUT2D eigenvalue weighted by Crippen LogP contribution is -2.45. The third-order valence-electron chi connectivity index (χ3n) is 3.61. The average Bonchev–Trinajstić information content (AvgIpc) is 2.37. The average molecular weight is 300 g/mol. The highest BCUT2D eigenvalue weighted by molar-refractivity contribution is 5.68. The number of nitrogens with one attached hydrogen (secondary N) is 1. The molecule has 0 saturated carbocycles. The van der Waals surface area contributed by atoms with Crippen LogP contribution in [0.2, 0.25) is 0 Å². The van der Waals surface area contributed by atoms with Crippen LogP contribution < -0.4 is 5.32 Å². The summed E-state index contributed by atoms with van der Waals surface area (Å²) in [5.74, 6) is 0.445. The summed E-state index contributed by atoms with van der Waals surface area (Å²) >= 11 is 0. The van der Waals surface area contributed by atoms with E-state index in [0.29, 0.717) is 12.5 Å². The van der Waals surface area contributed by atoms with Gasteiger partial charge in [0.1, 0.15) is 5.60 Å². The first-order valence-electron chi connectivity index (χ1n) is 8.18. The first-order chi connectivity index (χ1) is 9.81. The fraction of sp³-hybridized carbons (Fsp3) is 0.938. The summed E-state index contributed by atoms with van der Waals surface area (Å²) < 4.78 is 5.43. The molecule has 5 nitrogen and oxygen atoms in total. The molecule has 0 aliphatic carbocycles. The van der Waals surface area contributed by atoms with Crippen LogP contribution in [0.25, 0.3) is 0 Å². The normalized spacial score (nSPS) is 21.2. The number of rotatable bonds is 6. The maximum Gasteiger partial charge on any atom is 0.410 e. The van der Waals surface area contributed by atoms with Crippen LogP contribution in [0.3, 0.4) is 0 Å². The number of aliphatic hydroxyl groups is 1. The number of hydrogen-bond acceptors (Lipinski definition) is 4. The number of carbonyl (C=O) groups is 1. The molecule has 2 unspecified atom stereocenters. The highest BCUT2D eigenvalue weighted by Crippen LogP contribution is 2.18. The quantitative estimate of drug-likeness (QED) is 0.790. The molecule has 2 atom stereocenters. The topological polar surface area (TPSA) is 61.8 Å². The molecule has 1 rings (SSSR count). The fourth-order valence-electron chi connectivity index (χ4n) is 2.61. The summed E-state index contributed by atoms with van der Waals surface area (Å²) in [6, 6.07) is 0. The van der Waals surface area contributed by atoms with E-state index in [0.717, 1.165) is 45.3 Å². The summed E-state index contributed by atoms with van der Waals surface area (Å²) in [5, 5.41) is 13.0. The lowest BCUT2D eigenvalue weighted by molar-refractivity contribution is 0.0164. The number of piperidine rings is 1. The van der Waals surface area contributed by atoms with Crippen molar-refractivity contribution < 1.29 is 14.6 Å². The van der Waals surface area contributed by atoms with Gasteiger partial charge >= 0.3 is 6.09 Å². The summed E-state index contributed by atoms with van der Waals surface area (Å²) in [4.78, 5) is 13.9. The van der Waals surface area contributed by atoms with E-state index in [1.165, 1.54) is 0 Å². The van der Waals surface area contributed by atoms with Crippen molar-refractivity contribution in [3.63, 3.8) is 0 Å². The molecule has 21 heavy (non-hydrogen) atoms. The lowest BCUT2D eigenvalue weighted by atomic mass is 9.98. The van der Waals surface area contributed by atoms with Crippen LogP contribution in [0.15, 0.2) is 0 Å². The molecule has 1 heterocycles. The summed E-state index contributed by atoms with van der Waals surface area (Å²) in [7, 11) is 0. The van der Waals surface area contributed by atoms with Gasteiger partial charge in [0.15, 0.2) is 0 Å². The van der Waals surface area contributed by atoms with Gasteiger partial charge in [0, 0.05) is 19.6 Å². The van der Waals surface area contributed by atoms with E-state index in [4.69, 9.17) is 4.74 Å². The van der Waals surface area contributed by atoms with E-state index in [-0.39, 0.29) is 12.2 Å². The van der Waals surface area contributed by atoms with E-state index in [9.17, 15) is 9.90 Å². The molecular formula is C16H32N2O3. The highest BCUT2D eigenvalue weighted by atomic mass is 16.6. The van der Waals surface area contributed by atoms with Crippen molar-refractivity contribution in [2.45, 2.75) is 65.1 Å². The largest absolute Gasteiger partial charge is 0.444 e. The smallest absolute Gasteiger partial charge is 0.410 e. The van der Waals surface area contributed by atoms with Crippen LogP contribution in [-0.2, 0) is 4.74 Å². The molecule has 1 amide bonds. The Labute approximate surface area is 129 Å². The van der Waals surface area contributed by atoms with Gasteiger partial charge in [-0.05, 0) is 52.5 Å². The lowest BCUT2D eigenvalue weighted by Gasteiger charge is -2.34. The monoisotopic (exact) mass is 300 g/mol. The molecule has 1 fully saturated rings. The number of ether oxygens (including phenoxy) is 1. The van der Waals surface area contributed by atoms with E-state index in [1.807, 2.05) is 25.7 Å². The second kappa shape index (κ2) is 8.59. The maximum absolute atomic E-state index is 12.1. The molecule has 1 aliphatic rings. The Morgan fingerprint density at radius 1 is 1.48 bits per heavy atom. The predicted molar refractivity (Wildman–Crippen MR) is 84.3 cm³/mol. The zero-order chi connectivity index (χ0) is 15.9. The third-order valence-corrected chi connectivity index (χ3v) is 3.61. The molecule has 0 aromatic heterocycles.